The maximum Gasteiger partial charge on any atom is 0.472 e. The Hall–Kier alpha value is -1.29. The van der Waals surface area contributed by atoms with Gasteiger partial charge in [-0.3, -0.25) is 18.6 Å². The second-order valence-corrected chi connectivity index (χ2v) is 17.3. The zero-order chi connectivity index (χ0) is 41.2. The summed E-state index contributed by atoms with van der Waals surface area (Å²) >= 11 is 0. The third kappa shape index (κ3) is 40.9. The molecule has 0 saturated carbocycles. The van der Waals surface area contributed by atoms with E-state index in [-0.39, 0.29) is 13.0 Å². The van der Waals surface area contributed by atoms with Gasteiger partial charge in [-0.2, -0.15) is 0 Å². The molecule has 0 amide bonds. The summed E-state index contributed by atoms with van der Waals surface area (Å²) in [6, 6.07) is -1.47. The molecule has 332 valence electrons. The van der Waals surface area contributed by atoms with Crippen LogP contribution in [-0.2, 0) is 32.7 Å². The van der Waals surface area contributed by atoms with E-state index < -0.39 is 45.1 Å². The van der Waals surface area contributed by atoms with Crippen molar-refractivity contribution in [2.45, 2.75) is 238 Å². The number of carboxylic acids is 1. The highest BCUT2D eigenvalue weighted by molar-refractivity contribution is 7.47. The lowest BCUT2D eigenvalue weighted by molar-refractivity contribution is -0.154. The molecule has 0 aliphatic heterocycles. The lowest BCUT2D eigenvalue weighted by Crippen LogP contribution is -2.34. The molecule has 3 unspecified atom stereocenters. The number of hydrogen-bond acceptors (Lipinski definition) is 8. The number of phosphoric ester groups is 1. The fraction of sp³-hybridized carbons (Fsp3) is 0.911. The minimum Gasteiger partial charge on any atom is -0.480 e. The number of esters is 1. The zero-order valence-electron chi connectivity index (χ0n) is 36.2. The Morgan fingerprint density at radius 1 is 0.554 bits per heavy atom. The van der Waals surface area contributed by atoms with Crippen molar-refractivity contribution in [3.05, 3.63) is 12.2 Å². The molecule has 0 radical (unpaired) electrons. The van der Waals surface area contributed by atoms with Crippen LogP contribution in [0.4, 0.5) is 0 Å². The van der Waals surface area contributed by atoms with Crippen LogP contribution < -0.4 is 5.73 Å². The van der Waals surface area contributed by atoms with Crippen LogP contribution in [0, 0.1) is 0 Å². The number of carboxylic acid groups (broad SMARTS) is 1. The number of phosphoric acid groups is 1. The largest absolute Gasteiger partial charge is 0.480 e. The fourth-order valence-corrected chi connectivity index (χ4v) is 7.44. The molecular weight excluding hydrogens is 729 g/mol. The Labute approximate surface area is 343 Å². The summed E-state index contributed by atoms with van der Waals surface area (Å²) in [4.78, 5) is 33.5. The van der Waals surface area contributed by atoms with Crippen LogP contribution in [0.25, 0.3) is 0 Å². The number of ether oxygens (including phenoxy) is 2. The molecule has 0 rings (SSSR count). The highest BCUT2D eigenvalue weighted by Gasteiger charge is 2.27. The molecular formula is C45H88NO9P. The number of allylic oxidation sites excluding steroid dienone is 2. The minimum absolute atomic E-state index is 0.0223. The standard InChI is InChI=1S/C45H88NO9P/c1-3-5-7-9-11-13-15-16-17-18-19-20-21-22-23-24-25-26-27-28-30-32-34-36-38-52-39-42(40-53-56(50,51)54-41-43(46)45(48)49)55-44(47)37-35-33-31-29-14-12-10-8-6-4-2/h18-19,42-43H,3-17,20-41,46H2,1-2H3,(H,48,49)(H,50,51)/b19-18-. The van der Waals surface area contributed by atoms with E-state index in [0.717, 1.165) is 38.5 Å². The van der Waals surface area contributed by atoms with E-state index in [9.17, 15) is 19.0 Å². The molecule has 0 heterocycles. The second-order valence-electron chi connectivity index (χ2n) is 15.9. The lowest BCUT2D eigenvalue weighted by atomic mass is 10.0. The predicted molar refractivity (Wildman–Crippen MR) is 231 cm³/mol. The summed E-state index contributed by atoms with van der Waals surface area (Å²) < 4.78 is 33.3. The second kappa shape index (κ2) is 41.9. The molecule has 4 N–H and O–H groups in total. The summed E-state index contributed by atoms with van der Waals surface area (Å²) in [5.41, 5.74) is 5.35. The van der Waals surface area contributed by atoms with Gasteiger partial charge in [0, 0.05) is 13.0 Å². The van der Waals surface area contributed by atoms with E-state index >= 15 is 0 Å². The quantitative estimate of drug-likeness (QED) is 0.0234. The van der Waals surface area contributed by atoms with Gasteiger partial charge < -0.3 is 25.2 Å². The first-order valence-electron chi connectivity index (χ1n) is 23.2. The van der Waals surface area contributed by atoms with Crippen molar-refractivity contribution in [3.63, 3.8) is 0 Å². The first kappa shape index (κ1) is 54.7. The molecule has 0 aromatic heterocycles. The van der Waals surface area contributed by atoms with Gasteiger partial charge in [0.15, 0.2) is 0 Å². The van der Waals surface area contributed by atoms with E-state index in [1.807, 2.05) is 0 Å². The highest BCUT2D eigenvalue weighted by atomic mass is 31.2. The van der Waals surface area contributed by atoms with Gasteiger partial charge in [-0.25, -0.2) is 4.57 Å². The summed E-state index contributed by atoms with van der Waals surface area (Å²) in [6.07, 6.45) is 44.2. The van der Waals surface area contributed by atoms with Crippen LogP contribution in [0.2, 0.25) is 0 Å². The van der Waals surface area contributed by atoms with Crippen LogP contribution in [0.1, 0.15) is 226 Å². The smallest absolute Gasteiger partial charge is 0.472 e. The van der Waals surface area contributed by atoms with Gasteiger partial charge in [0.1, 0.15) is 12.1 Å². The minimum atomic E-state index is -4.61. The monoisotopic (exact) mass is 818 g/mol. The van der Waals surface area contributed by atoms with Crippen LogP contribution in [0.3, 0.4) is 0 Å². The molecule has 3 atom stereocenters. The van der Waals surface area contributed by atoms with Gasteiger partial charge in [-0.1, -0.05) is 193 Å². The Bertz CT molecular complexity index is 951. The maximum absolute atomic E-state index is 12.6. The normalized spacial score (nSPS) is 13.9. The van der Waals surface area contributed by atoms with Crippen molar-refractivity contribution >= 4 is 19.8 Å². The maximum atomic E-state index is 12.6. The van der Waals surface area contributed by atoms with Crippen LogP contribution in [0.15, 0.2) is 12.2 Å². The average Bonchev–Trinajstić information content (AvgIpc) is 3.18. The van der Waals surface area contributed by atoms with E-state index in [1.165, 1.54) is 167 Å². The summed E-state index contributed by atoms with van der Waals surface area (Å²) in [7, 11) is -4.61. The highest BCUT2D eigenvalue weighted by Crippen LogP contribution is 2.43. The van der Waals surface area contributed by atoms with Gasteiger partial charge in [-0.05, 0) is 38.5 Å². The van der Waals surface area contributed by atoms with Gasteiger partial charge in [0.25, 0.3) is 0 Å². The molecule has 0 aliphatic carbocycles. The molecule has 0 aromatic rings. The van der Waals surface area contributed by atoms with Gasteiger partial charge in [0.2, 0.25) is 0 Å². The van der Waals surface area contributed by atoms with Gasteiger partial charge in [-0.15, -0.1) is 0 Å². The molecule has 11 heteroatoms. The molecule has 0 aliphatic rings. The Morgan fingerprint density at radius 3 is 1.36 bits per heavy atom. The average molecular weight is 818 g/mol. The van der Waals surface area contributed by atoms with Crippen LogP contribution >= 0.6 is 7.82 Å². The third-order valence-corrected chi connectivity index (χ3v) is 11.2. The summed E-state index contributed by atoms with van der Waals surface area (Å²) in [5.74, 6) is -1.77. The predicted octanol–water partition coefficient (Wildman–Crippen LogP) is 12.9. The number of nitrogens with two attached hydrogens (primary N) is 1. The number of hydrogen-bond donors (Lipinski definition) is 3. The number of rotatable bonds is 45. The van der Waals surface area contributed by atoms with E-state index in [4.69, 9.17) is 29.4 Å². The number of unbranched alkanes of at least 4 members (excludes halogenated alkanes) is 29. The van der Waals surface area contributed by atoms with Gasteiger partial charge in [0.05, 0.1) is 19.8 Å². The van der Waals surface area contributed by atoms with Crippen LogP contribution in [0.5, 0.6) is 0 Å². The van der Waals surface area contributed by atoms with Crippen molar-refractivity contribution < 1.29 is 42.7 Å². The van der Waals surface area contributed by atoms with Crippen molar-refractivity contribution in [1.82, 2.24) is 0 Å². The van der Waals surface area contributed by atoms with Crippen molar-refractivity contribution in [3.8, 4) is 0 Å². The van der Waals surface area contributed by atoms with Crippen LogP contribution in [-0.4, -0.2) is 60.5 Å². The topological polar surface area (TPSA) is 155 Å². The molecule has 0 fully saturated rings. The van der Waals surface area contributed by atoms with Crippen molar-refractivity contribution in [2.24, 2.45) is 5.73 Å². The first-order valence-corrected chi connectivity index (χ1v) is 24.7. The molecule has 0 aromatic carbocycles. The fourth-order valence-electron chi connectivity index (χ4n) is 6.66. The van der Waals surface area contributed by atoms with Crippen molar-refractivity contribution in [1.29, 1.82) is 0 Å². The Kier molecular flexibility index (Phi) is 40.9. The SMILES string of the molecule is CCCCCCCCCC/C=C\CCCCCCCCCCCCCCOCC(COP(=O)(O)OCC(N)C(=O)O)OC(=O)CCCCCCCCCCCC. The third-order valence-electron chi connectivity index (χ3n) is 10.3. The molecule has 0 bridgehead atoms. The molecule has 0 spiro atoms. The van der Waals surface area contributed by atoms with Crippen molar-refractivity contribution in [2.75, 3.05) is 26.4 Å². The Morgan fingerprint density at radius 2 is 0.929 bits per heavy atom. The summed E-state index contributed by atoms with van der Waals surface area (Å²) in [5, 5.41) is 8.89. The Balaban J connectivity index is 4.02. The zero-order valence-corrected chi connectivity index (χ0v) is 37.1. The first-order chi connectivity index (χ1) is 27.2. The number of carbonyl (C=O) groups excluding carboxylic acids is 1. The van der Waals surface area contributed by atoms with E-state index in [2.05, 4.69) is 26.0 Å². The molecule has 0 saturated heterocycles. The number of aliphatic carboxylic acids is 1. The van der Waals surface area contributed by atoms with E-state index in [1.54, 1.807) is 0 Å². The molecule has 56 heavy (non-hydrogen) atoms. The lowest BCUT2D eigenvalue weighted by Gasteiger charge is -2.20. The van der Waals surface area contributed by atoms with Gasteiger partial charge >= 0.3 is 19.8 Å². The summed E-state index contributed by atoms with van der Waals surface area (Å²) in [6.45, 7) is 3.89. The number of carbonyl (C=O) groups is 2. The van der Waals surface area contributed by atoms with E-state index in [0.29, 0.717) is 6.61 Å². The molecule has 10 nitrogen and oxygen atoms in total.